The van der Waals surface area contributed by atoms with Crippen LogP contribution in [0.3, 0.4) is 0 Å². The molecule has 0 radical (unpaired) electrons. The number of morpholine rings is 1. The Morgan fingerprint density at radius 1 is 1.33 bits per heavy atom. The molecule has 1 saturated heterocycles. The number of rotatable bonds is 2. The Labute approximate surface area is 123 Å². The topological polar surface area (TPSA) is 73.4 Å². The number of nitrogens with zero attached hydrogens (tertiary/aromatic N) is 3. The smallest absolute Gasteiger partial charge is 0.274 e. The van der Waals surface area contributed by atoms with Gasteiger partial charge in [0.25, 0.3) is 5.91 Å². The zero-order chi connectivity index (χ0) is 14.8. The molecule has 0 bridgehead atoms. The summed E-state index contributed by atoms with van der Waals surface area (Å²) in [5, 5.41) is 4.35. The van der Waals surface area contributed by atoms with E-state index in [1.54, 1.807) is 21.8 Å². The maximum absolute atomic E-state index is 12.4. The van der Waals surface area contributed by atoms with Crippen LogP contribution in [0.4, 0.5) is 5.69 Å². The van der Waals surface area contributed by atoms with E-state index in [1.807, 2.05) is 31.2 Å². The first-order chi connectivity index (χ1) is 10.1. The molecule has 0 saturated carbocycles. The van der Waals surface area contributed by atoms with Gasteiger partial charge in [-0.2, -0.15) is 5.10 Å². The lowest BCUT2D eigenvalue weighted by Gasteiger charge is -2.30. The van der Waals surface area contributed by atoms with E-state index >= 15 is 0 Å². The molecule has 1 aromatic carbocycles. The van der Waals surface area contributed by atoms with Crippen LogP contribution in [0, 0.1) is 0 Å². The number of hydrogen-bond acceptors (Lipinski definition) is 4. The van der Waals surface area contributed by atoms with Crippen molar-refractivity contribution in [2.75, 3.05) is 25.4 Å². The predicted octanol–water partition coefficient (Wildman–Crippen LogP) is 1.32. The van der Waals surface area contributed by atoms with Gasteiger partial charge in [-0.3, -0.25) is 4.79 Å². The van der Waals surface area contributed by atoms with Gasteiger partial charge >= 0.3 is 0 Å². The molecule has 6 nitrogen and oxygen atoms in total. The van der Waals surface area contributed by atoms with Crippen molar-refractivity contribution < 1.29 is 9.53 Å². The van der Waals surface area contributed by atoms with Crippen LogP contribution in [0.25, 0.3) is 5.69 Å². The summed E-state index contributed by atoms with van der Waals surface area (Å²) in [6, 6.07) is 9.09. The minimum Gasteiger partial charge on any atom is -0.399 e. The van der Waals surface area contributed by atoms with Crippen molar-refractivity contribution >= 4 is 11.6 Å². The number of nitrogens with two attached hydrogens (primary N) is 1. The molecule has 1 fully saturated rings. The van der Waals surface area contributed by atoms with E-state index < -0.39 is 0 Å². The maximum atomic E-state index is 12.4. The molecule has 1 amide bonds. The second kappa shape index (κ2) is 5.57. The molecule has 1 aliphatic heterocycles. The predicted molar refractivity (Wildman–Crippen MR) is 79.3 cm³/mol. The van der Waals surface area contributed by atoms with Gasteiger partial charge in [0.15, 0.2) is 5.69 Å². The van der Waals surface area contributed by atoms with E-state index in [4.69, 9.17) is 10.5 Å². The van der Waals surface area contributed by atoms with Crippen LogP contribution in [-0.4, -0.2) is 46.4 Å². The number of amides is 1. The van der Waals surface area contributed by atoms with E-state index in [-0.39, 0.29) is 12.0 Å². The van der Waals surface area contributed by atoms with Gasteiger partial charge < -0.3 is 15.4 Å². The summed E-state index contributed by atoms with van der Waals surface area (Å²) < 4.78 is 7.13. The molecule has 0 aliphatic carbocycles. The largest absolute Gasteiger partial charge is 0.399 e. The van der Waals surface area contributed by atoms with E-state index in [9.17, 15) is 4.79 Å². The first kappa shape index (κ1) is 13.6. The van der Waals surface area contributed by atoms with Crippen LogP contribution < -0.4 is 5.73 Å². The third kappa shape index (κ3) is 2.90. The Morgan fingerprint density at radius 3 is 2.81 bits per heavy atom. The van der Waals surface area contributed by atoms with Crippen LogP contribution in [0.2, 0.25) is 0 Å². The highest BCUT2D eigenvalue weighted by molar-refractivity contribution is 5.92. The van der Waals surface area contributed by atoms with Crippen LogP contribution in [0.15, 0.2) is 36.5 Å². The number of ether oxygens (including phenoxy) is 1. The number of anilines is 1. The molecule has 1 aromatic heterocycles. The molecule has 3 rings (SSSR count). The number of benzene rings is 1. The lowest BCUT2D eigenvalue weighted by molar-refractivity contribution is -0.0126. The summed E-state index contributed by atoms with van der Waals surface area (Å²) in [7, 11) is 0. The standard InChI is InChI=1S/C15H18N4O2/c1-11-10-18(8-9-21-11)15(20)14-6-7-19(17-14)13-4-2-12(16)3-5-13/h2-7,11H,8-10,16H2,1H3. The molecular formula is C15H18N4O2. The Kier molecular flexibility index (Phi) is 3.62. The average molecular weight is 286 g/mol. The van der Waals surface area contributed by atoms with Crippen molar-refractivity contribution in [1.82, 2.24) is 14.7 Å². The third-order valence-corrected chi connectivity index (χ3v) is 3.49. The summed E-state index contributed by atoms with van der Waals surface area (Å²) in [6.07, 6.45) is 1.85. The number of nitrogen functional groups attached to an aromatic ring is 1. The minimum atomic E-state index is -0.0562. The second-order valence-corrected chi connectivity index (χ2v) is 5.17. The summed E-state index contributed by atoms with van der Waals surface area (Å²) in [5.41, 5.74) is 7.68. The SMILES string of the molecule is CC1CN(C(=O)c2ccn(-c3ccc(N)cc3)n2)CCO1. The van der Waals surface area contributed by atoms with Crippen molar-refractivity contribution in [2.45, 2.75) is 13.0 Å². The molecule has 2 N–H and O–H groups in total. The normalized spacial score (nSPS) is 18.7. The summed E-state index contributed by atoms with van der Waals surface area (Å²) in [6.45, 7) is 3.75. The Balaban J connectivity index is 1.78. The molecule has 1 aliphatic rings. The highest BCUT2D eigenvalue weighted by atomic mass is 16.5. The van der Waals surface area contributed by atoms with Crippen molar-refractivity contribution in [3.63, 3.8) is 0 Å². The molecule has 6 heteroatoms. The molecule has 2 aromatic rings. The summed E-state index contributed by atoms with van der Waals surface area (Å²) in [5.74, 6) is -0.0562. The Hall–Kier alpha value is -2.34. The fourth-order valence-electron chi connectivity index (χ4n) is 2.37. The second-order valence-electron chi connectivity index (χ2n) is 5.17. The average Bonchev–Trinajstić information content (AvgIpc) is 2.97. The summed E-state index contributed by atoms with van der Waals surface area (Å²) >= 11 is 0. The lowest BCUT2D eigenvalue weighted by atomic mass is 10.2. The van der Waals surface area contributed by atoms with Gasteiger partial charge in [-0.1, -0.05) is 0 Å². The van der Waals surface area contributed by atoms with E-state index in [0.717, 1.165) is 5.69 Å². The van der Waals surface area contributed by atoms with Crippen molar-refractivity contribution in [1.29, 1.82) is 0 Å². The van der Waals surface area contributed by atoms with Gasteiger partial charge in [0.2, 0.25) is 0 Å². The molecular weight excluding hydrogens is 268 g/mol. The monoisotopic (exact) mass is 286 g/mol. The quantitative estimate of drug-likeness (QED) is 0.845. The first-order valence-corrected chi connectivity index (χ1v) is 6.96. The van der Waals surface area contributed by atoms with Crippen molar-refractivity contribution in [3.8, 4) is 5.69 Å². The Bertz CT molecular complexity index is 635. The van der Waals surface area contributed by atoms with Gasteiger partial charge in [0.1, 0.15) is 0 Å². The van der Waals surface area contributed by atoms with Gasteiger partial charge in [0.05, 0.1) is 18.4 Å². The molecule has 21 heavy (non-hydrogen) atoms. The first-order valence-electron chi connectivity index (χ1n) is 6.96. The Morgan fingerprint density at radius 2 is 2.10 bits per heavy atom. The minimum absolute atomic E-state index is 0.0562. The molecule has 1 atom stereocenters. The van der Waals surface area contributed by atoms with Crippen molar-refractivity contribution in [2.24, 2.45) is 0 Å². The lowest BCUT2D eigenvalue weighted by Crippen LogP contribution is -2.44. The molecule has 2 heterocycles. The van der Waals surface area contributed by atoms with Crippen LogP contribution >= 0.6 is 0 Å². The third-order valence-electron chi connectivity index (χ3n) is 3.49. The number of hydrogen-bond donors (Lipinski definition) is 1. The van der Waals surface area contributed by atoms with Crippen molar-refractivity contribution in [3.05, 3.63) is 42.2 Å². The zero-order valence-corrected chi connectivity index (χ0v) is 11.9. The number of carbonyl (C=O) groups excluding carboxylic acids is 1. The fourth-order valence-corrected chi connectivity index (χ4v) is 2.37. The number of aromatic nitrogens is 2. The van der Waals surface area contributed by atoms with Gasteiger partial charge in [-0.05, 0) is 37.3 Å². The van der Waals surface area contributed by atoms with E-state index in [1.165, 1.54) is 0 Å². The molecule has 1 unspecified atom stereocenters. The highest BCUT2D eigenvalue weighted by Crippen LogP contribution is 2.13. The highest BCUT2D eigenvalue weighted by Gasteiger charge is 2.24. The van der Waals surface area contributed by atoms with E-state index in [0.29, 0.717) is 31.1 Å². The van der Waals surface area contributed by atoms with Gasteiger partial charge in [-0.25, -0.2) is 4.68 Å². The maximum Gasteiger partial charge on any atom is 0.274 e. The number of carbonyl (C=O) groups is 1. The molecule has 0 spiro atoms. The van der Waals surface area contributed by atoms with Crippen LogP contribution in [0.1, 0.15) is 17.4 Å². The van der Waals surface area contributed by atoms with E-state index in [2.05, 4.69) is 5.10 Å². The zero-order valence-electron chi connectivity index (χ0n) is 11.9. The van der Waals surface area contributed by atoms with Crippen LogP contribution in [-0.2, 0) is 4.74 Å². The molecule has 110 valence electrons. The van der Waals surface area contributed by atoms with Crippen LogP contribution in [0.5, 0.6) is 0 Å². The summed E-state index contributed by atoms with van der Waals surface area (Å²) in [4.78, 5) is 14.2. The fraction of sp³-hybridized carbons (Fsp3) is 0.333. The van der Waals surface area contributed by atoms with Gasteiger partial charge in [-0.15, -0.1) is 0 Å². The van der Waals surface area contributed by atoms with Gasteiger partial charge in [0, 0.05) is 25.0 Å².